The van der Waals surface area contributed by atoms with E-state index in [-0.39, 0.29) is 24.3 Å². The highest BCUT2D eigenvalue weighted by atomic mass is 28.4. The topological polar surface area (TPSA) is 39.7 Å². The molecular weight excluding hydrogens is 399 g/mol. The molecular formula is C21H34F3NO3Si. The third-order valence-electron chi connectivity index (χ3n) is 5.74. The van der Waals surface area contributed by atoms with E-state index in [4.69, 9.17) is 13.9 Å². The molecule has 8 heteroatoms. The Kier molecular flexibility index (Phi) is 8.43. The third-order valence-corrected chi connectivity index (χ3v) is 10.4. The van der Waals surface area contributed by atoms with Gasteiger partial charge in [-0.1, -0.05) is 40.7 Å². The molecule has 0 amide bonds. The van der Waals surface area contributed by atoms with Crippen molar-refractivity contribution >= 4 is 8.32 Å². The number of ether oxygens (including phenoxy) is 2. The molecule has 0 saturated heterocycles. The zero-order valence-electron chi connectivity index (χ0n) is 18.1. The molecule has 0 fully saturated rings. The van der Waals surface area contributed by atoms with Crippen molar-refractivity contribution in [1.82, 2.24) is 5.32 Å². The summed E-state index contributed by atoms with van der Waals surface area (Å²) in [4.78, 5) is 0. The average molecular weight is 434 g/mol. The fourth-order valence-electron chi connectivity index (χ4n) is 3.79. The van der Waals surface area contributed by atoms with E-state index in [1.807, 2.05) is 13.8 Å². The molecule has 0 spiro atoms. The van der Waals surface area contributed by atoms with Gasteiger partial charge in [0.15, 0.2) is 19.8 Å². The Balaban J connectivity index is 2.22. The van der Waals surface area contributed by atoms with Gasteiger partial charge in [0.05, 0.1) is 0 Å². The lowest BCUT2D eigenvalue weighted by Crippen LogP contribution is -2.46. The Morgan fingerprint density at radius 3 is 2.24 bits per heavy atom. The summed E-state index contributed by atoms with van der Waals surface area (Å²) in [5, 5.41) is 2.85. The van der Waals surface area contributed by atoms with Crippen LogP contribution in [-0.2, 0) is 4.43 Å². The van der Waals surface area contributed by atoms with Gasteiger partial charge in [0, 0.05) is 12.6 Å². The van der Waals surface area contributed by atoms with Gasteiger partial charge >= 0.3 is 6.18 Å². The van der Waals surface area contributed by atoms with Crippen LogP contribution in [0.4, 0.5) is 13.2 Å². The van der Waals surface area contributed by atoms with Crippen molar-refractivity contribution < 1.29 is 27.1 Å². The zero-order valence-corrected chi connectivity index (χ0v) is 19.1. The molecule has 0 unspecified atom stereocenters. The highest BCUT2D eigenvalue weighted by Gasteiger charge is 2.43. The first-order valence-electron chi connectivity index (χ1n) is 10.5. The number of alkyl halides is 3. The number of rotatable bonds is 11. The molecule has 4 nitrogen and oxygen atoms in total. The Hall–Kier alpha value is -1.25. The Bertz CT molecular complexity index is 642. The molecule has 2 atom stereocenters. The number of fused-ring (bicyclic) bond motifs is 1. The molecule has 0 saturated carbocycles. The second-order valence-corrected chi connectivity index (χ2v) is 12.9. The van der Waals surface area contributed by atoms with Crippen molar-refractivity contribution in [1.29, 1.82) is 0 Å². The first kappa shape index (κ1) is 24.0. The van der Waals surface area contributed by atoms with Crippen LogP contribution < -0.4 is 14.8 Å². The van der Waals surface area contributed by atoms with Gasteiger partial charge in [-0.3, -0.25) is 5.32 Å². The highest BCUT2D eigenvalue weighted by Crippen LogP contribution is 2.39. The molecule has 1 aromatic carbocycles. The summed E-state index contributed by atoms with van der Waals surface area (Å²) in [5.41, 5.74) is 0.125. The van der Waals surface area contributed by atoms with Gasteiger partial charge in [-0.15, -0.1) is 0 Å². The summed E-state index contributed by atoms with van der Waals surface area (Å²) in [6.45, 7) is 10.7. The summed E-state index contributed by atoms with van der Waals surface area (Å²) in [6, 6.07) is 5.15. The van der Waals surface area contributed by atoms with Gasteiger partial charge in [0.1, 0.15) is 6.04 Å². The monoisotopic (exact) mass is 433 g/mol. The van der Waals surface area contributed by atoms with Gasteiger partial charge in [-0.2, -0.15) is 13.2 Å². The predicted octanol–water partition coefficient (Wildman–Crippen LogP) is 6.04. The summed E-state index contributed by atoms with van der Waals surface area (Å²) < 4.78 is 58.7. The van der Waals surface area contributed by atoms with E-state index in [0.29, 0.717) is 24.5 Å². The lowest BCUT2D eigenvalue weighted by molar-refractivity contribution is -0.160. The smallest absolute Gasteiger partial charge is 0.407 e. The maximum atomic E-state index is 14.0. The molecule has 0 bridgehead atoms. The number of nitrogens with one attached hydrogen (secondary N) is 1. The molecule has 166 valence electrons. The summed E-state index contributed by atoms with van der Waals surface area (Å²) in [7, 11) is -1.88. The summed E-state index contributed by atoms with van der Waals surface area (Å²) >= 11 is 0. The largest absolute Gasteiger partial charge is 0.454 e. The standard InChI is InChI=1S/C21H34F3NO3Si/c1-6-29(7-2,8-3)28-13-17(11-15(4)5)25-20(21(22,23)24)16-9-10-18-19(12-16)27-14-26-18/h9-10,12,15,17,20,25H,6-8,11,13-14H2,1-5H3/t17-,20-/m0/s1. The fourth-order valence-corrected chi connectivity index (χ4v) is 6.46. The van der Waals surface area contributed by atoms with Gasteiger partial charge < -0.3 is 13.9 Å². The van der Waals surface area contributed by atoms with Crippen molar-refractivity contribution in [2.24, 2.45) is 5.92 Å². The lowest BCUT2D eigenvalue weighted by atomic mass is 10.0. The van der Waals surface area contributed by atoms with E-state index in [2.05, 4.69) is 26.1 Å². The summed E-state index contributed by atoms with van der Waals surface area (Å²) in [6.07, 6.45) is -3.82. The van der Waals surface area contributed by atoms with Gasteiger partial charge in [0.25, 0.3) is 0 Å². The van der Waals surface area contributed by atoms with Crippen LogP contribution >= 0.6 is 0 Å². The normalized spacial score (nSPS) is 16.3. The Morgan fingerprint density at radius 2 is 1.69 bits per heavy atom. The van der Waals surface area contributed by atoms with Crippen LogP contribution in [0.1, 0.15) is 52.6 Å². The van der Waals surface area contributed by atoms with Gasteiger partial charge in [-0.25, -0.2) is 0 Å². The molecule has 1 N–H and O–H groups in total. The van der Waals surface area contributed by atoms with Crippen molar-refractivity contribution in [3.05, 3.63) is 23.8 Å². The summed E-state index contributed by atoms with van der Waals surface area (Å²) in [5.74, 6) is 1.08. The minimum absolute atomic E-state index is 0.0322. The van der Waals surface area contributed by atoms with E-state index in [1.165, 1.54) is 18.2 Å². The maximum absolute atomic E-state index is 14.0. The second kappa shape index (κ2) is 10.2. The number of hydrogen-bond donors (Lipinski definition) is 1. The molecule has 1 heterocycles. The molecule has 1 aliphatic rings. The Labute approximate surface area is 173 Å². The van der Waals surface area contributed by atoms with E-state index < -0.39 is 20.5 Å². The van der Waals surface area contributed by atoms with Gasteiger partial charge in [-0.05, 0) is 48.2 Å². The zero-order chi connectivity index (χ0) is 21.7. The minimum Gasteiger partial charge on any atom is -0.454 e. The van der Waals surface area contributed by atoms with Crippen LogP contribution in [0, 0.1) is 5.92 Å². The van der Waals surface area contributed by atoms with Crippen LogP contribution in [-0.4, -0.2) is 33.9 Å². The number of hydrogen-bond acceptors (Lipinski definition) is 4. The number of benzene rings is 1. The van der Waals surface area contributed by atoms with Gasteiger partial charge in [0.2, 0.25) is 6.79 Å². The predicted molar refractivity (Wildman–Crippen MR) is 111 cm³/mol. The van der Waals surface area contributed by atoms with Crippen molar-refractivity contribution in [2.45, 2.75) is 77.4 Å². The second-order valence-electron chi connectivity index (χ2n) is 8.14. The van der Waals surface area contributed by atoms with E-state index in [9.17, 15) is 13.2 Å². The molecule has 0 aliphatic carbocycles. The Morgan fingerprint density at radius 1 is 1.07 bits per heavy atom. The fraction of sp³-hybridized carbons (Fsp3) is 0.714. The van der Waals surface area contributed by atoms with Crippen LogP contribution in [0.25, 0.3) is 0 Å². The average Bonchev–Trinajstić information content (AvgIpc) is 3.13. The van der Waals surface area contributed by atoms with E-state index in [0.717, 1.165) is 18.1 Å². The molecule has 0 aromatic heterocycles. The number of halogens is 3. The molecule has 0 radical (unpaired) electrons. The van der Waals surface area contributed by atoms with Crippen molar-refractivity contribution in [3.8, 4) is 11.5 Å². The SMILES string of the molecule is CC[Si](CC)(CC)OC[C@H](CC(C)C)N[C@@H](c1ccc2c(c1)OCO2)C(F)(F)F. The van der Waals surface area contributed by atoms with Crippen LogP contribution in [0.15, 0.2) is 18.2 Å². The highest BCUT2D eigenvalue weighted by molar-refractivity contribution is 6.73. The third kappa shape index (κ3) is 6.36. The molecule has 1 aromatic rings. The van der Waals surface area contributed by atoms with Crippen molar-refractivity contribution in [2.75, 3.05) is 13.4 Å². The van der Waals surface area contributed by atoms with E-state index >= 15 is 0 Å². The quantitative estimate of drug-likeness (QED) is 0.432. The van der Waals surface area contributed by atoms with Crippen molar-refractivity contribution in [3.63, 3.8) is 0 Å². The van der Waals surface area contributed by atoms with Crippen LogP contribution in [0.2, 0.25) is 18.1 Å². The molecule has 2 rings (SSSR count). The van der Waals surface area contributed by atoms with Crippen LogP contribution in [0.3, 0.4) is 0 Å². The molecule has 29 heavy (non-hydrogen) atoms. The lowest BCUT2D eigenvalue weighted by Gasteiger charge is -2.33. The first-order valence-corrected chi connectivity index (χ1v) is 13.0. The van der Waals surface area contributed by atoms with E-state index in [1.54, 1.807) is 0 Å². The van der Waals surface area contributed by atoms with Crippen LogP contribution in [0.5, 0.6) is 11.5 Å². The maximum Gasteiger partial charge on any atom is 0.407 e. The first-order chi connectivity index (χ1) is 13.6. The minimum atomic E-state index is -4.43. The molecule has 1 aliphatic heterocycles.